The number of hydrogen-bond donors (Lipinski definition) is 3. The molecule has 25 heavy (non-hydrogen) atoms. The minimum atomic E-state index is -0.512. The summed E-state index contributed by atoms with van der Waals surface area (Å²) in [7, 11) is 0. The summed E-state index contributed by atoms with van der Waals surface area (Å²) in [5.41, 5.74) is 3.47. The average Bonchev–Trinajstić information content (AvgIpc) is 2.85. The standard InChI is InChI=1S/C17H12N2O4S2/c20-12-5-1-10(2-6-12)9-14-16(23)19(17(24)25-14)18-15(22)11-3-7-13(21)8-4-11/h1-9,20-21H,(H,18,22)/b14-9+. The Bertz CT molecular complexity index is 877. The molecule has 3 rings (SSSR count). The van der Waals surface area contributed by atoms with Crippen LogP contribution in [0.25, 0.3) is 6.08 Å². The molecule has 2 aromatic rings. The summed E-state index contributed by atoms with van der Waals surface area (Å²) >= 11 is 6.23. The number of nitrogens with zero attached hydrogens (tertiary/aromatic N) is 1. The number of aromatic hydroxyl groups is 2. The molecule has 0 unspecified atom stereocenters. The largest absolute Gasteiger partial charge is 0.508 e. The van der Waals surface area contributed by atoms with Crippen LogP contribution in [0.4, 0.5) is 0 Å². The van der Waals surface area contributed by atoms with E-state index in [9.17, 15) is 19.8 Å². The number of thioether (sulfide) groups is 1. The van der Waals surface area contributed by atoms with E-state index in [1.165, 1.54) is 36.4 Å². The summed E-state index contributed by atoms with van der Waals surface area (Å²) in [4.78, 5) is 25.0. The number of thiocarbonyl (C=S) groups is 1. The van der Waals surface area contributed by atoms with Crippen molar-refractivity contribution in [2.24, 2.45) is 0 Å². The number of phenols is 2. The molecule has 1 saturated heterocycles. The van der Waals surface area contributed by atoms with Gasteiger partial charge in [-0.2, -0.15) is 5.01 Å². The molecule has 6 nitrogen and oxygen atoms in total. The molecule has 1 heterocycles. The van der Waals surface area contributed by atoms with Crippen LogP contribution in [0.5, 0.6) is 11.5 Å². The maximum atomic E-state index is 12.5. The van der Waals surface area contributed by atoms with Gasteiger partial charge in [0.2, 0.25) is 0 Å². The van der Waals surface area contributed by atoms with E-state index in [2.05, 4.69) is 5.43 Å². The highest BCUT2D eigenvalue weighted by Gasteiger charge is 2.33. The fourth-order valence-electron chi connectivity index (χ4n) is 2.06. The average molecular weight is 372 g/mol. The number of carbonyl (C=O) groups excluding carboxylic acids is 2. The van der Waals surface area contributed by atoms with E-state index in [0.717, 1.165) is 22.3 Å². The monoisotopic (exact) mass is 372 g/mol. The van der Waals surface area contributed by atoms with Crippen LogP contribution < -0.4 is 5.43 Å². The number of phenolic OH excluding ortho intramolecular Hbond substituents is 2. The molecule has 8 heteroatoms. The van der Waals surface area contributed by atoms with Gasteiger partial charge in [0.05, 0.1) is 4.91 Å². The van der Waals surface area contributed by atoms with Gasteiger partial charge in [-0.1, -0.05) is 23.9 Å². The van der Waals surface area contributed by atoms with E-state index in [-0.39, 0.29) is 21.4 Å². The summed E-state index contributed by atoms with van der Waals surface area (Å²) < 4.78 is 0.210. The molecule has 0 atom stereocenters. The molecule has 0 aromatic heterocycles. The van der Waals surface area contributed by atoms with E-state index in [1.54, 1.807) is 18.2 Å². The second-order valence-electron chi connectivity index (χ2n) is 5.10. The van der Waals surface area contributed by atoms with Gasteiger partial charge in [0.1, 0.15) is 11.5 Å². The van der Waals surface area contributed by atoms with Gasteiger partial charge in [0, 0.05) is 5.56 Å². The van der Waals surface area contributed by atoms with Crippen molar-refractivity contribution in [3.8, 4) is 11.5 Å². The first kappa shape index (κ1) is 17.0. The quantitative estimate of drug-likeness (QED) is 0.567. The highest BCUT2D eigenvalue weighted by Crippen LogP contribution is 2.31. The van der Waals surface area contributed by atoms with Crippen LogP contribution in [-0.2, 0) is 4.79 Å². The number of amides is 2. The Kier molecular flexibility index (Phi) is 4.73. The van der Waals surface area contributed by atoms with E-state index < -0.39 is 11.8 Å². The first-order chi connectivity index (χ1) is 11.9. The van der Waals surface area contributed by atoms with Gasteiger partial charge >= 0.3 is 0 Å². The smallest absolute Gasteiger partial charge is 0.285 e. The Balaban J connectivity index is 1.76. The van der Waals surface area contributed by atoms with E-state index in [1.807, 2.05) is 0 Å². The van der Waals surface area contributed by atoms with Crippen molar-refractivity contribution in [1.82, 2.24) is 10.4 Å². The highest BCUT2D eigenvalue weighted by molar-refractivity contribution is 8.26. The molecule has 0 radical (unpaired) electrons. The third-order valence-corrected chi connectivity index (χ3v) is 4.63. The Labute approximate surface area is 152 Å². The first-order valence-corrected chi connectivity index (χ1v) is 8.33. The van der Waals surface area contributed by atoms with Crippen LogP contribution >= 0.6 is 24.0 Å². The lowest BCUT2D eigenvalue weighted by molar-refractivity contribution is -0.123. The van der Waals surface area contributed by atoms with E-state index >= 15 is 0 Å². The topological polar surface area (TPSA) is 89.9 Å². The maximum Gasteiger partial charge on any atom is 0.285 e. The van der Waals surface area contributed by atoms with Crippen LogP contribution in [0.3, 0.4) is 0 Å². The molecule has 1 fully saturated rings. The third-order valence-electron chi connectivity index (χ3n) is 3.33. The normalized spacial score (nSPS) is 15.7. The zero-order chi connectivity index (χ0) is 18.0. The predicted octanol–water partition coefficient (Wildman–Crippen LogP) is 2.64. The van der Waals surface area contributed by atoms with Gasteiger partial charge in [0.25, 0.3) is 11.8 Å². The molecule has 1 aliphatic rings. The molecular formula is C17H12N2O4S2. The summed E-state index contributed by atoms with van der Waals surface area (Å²) in [5.74, 6) is -0.776. The summed E-state index contributed by atoms with van der Waals surface area (Å²) in [5, 5.41) is 19.6. The van der Waals surface area contributed by atoms with Crippen molar-refractivity contribution in [1.29, 1.82) is 0 Å². The highest BCUT2D eigenvalue weighted by atomic mass is 32.2. The Morgan fingerprint density at radius 2 is 1.60 bits per heavy atom. The van der Waals surface area contributed by atoms with Gasteiger partial charge in [-0.25, -0.2) is 0 Å². The number of benzene rings is 2. The Hall–Kier alpha value is -2.84. The number of hydrazine groups is 1. The van der Waals surface area contributed by atoms with Crippen molar-refractivity contribution >= 4 is 46.2 Å². The van der Waals surface area contributed by atoms with Crippen LogP contribution in [0.15, 0.2) is 53.4 Å². The summed E-state index contributed by atoms with van der Waals surface area (Å²) in [6.07, 6.45) is 1.63. The second kappa shape index (κ2) is 6.96. The van der Waals surface area contributed by atoms with Crippen molar-refractivity contribution in [2.45, 2.75) is 0 Å². The number of rotatable bonds is 3. The van der Waals surface area contributed by atoms with Crippen LogP contribution in [0, 0.1) is 0 Å². The lowest BCUT2D eigenvalue weighted by atomic mass is 10.2. The predicted molar refractivity (Wildman–Crippen MR) is 98.7 cm³/mol. The lowest BCUT2D eigenvalue weighted by Crippen LogP contribution is -2.44. The zero-order valence-electron chi connectivity index (χ0n) is 12.7. The van der Waals surface area contributed by atoms with Gasteiger partial charge in [-0.05, 0) is 60.3 Å². The maximum absolute atomic E-state index is 12.5. The van der Waals surface area contributed by atoms with Crippen molar-refractivity contribution in [3.05, 3.63) is 64.6 Å². The van der Waals surface area contributed by atoms with Crippen molar-refractivity contribution in [3.63, 3.8) is 0 Å². The van der Waals surface area contributed by atoms with Crippen molar-refractivity contribution < 1.29 is 19.8 Å². The van der Waals surface area contributed by atoms with Crippen LogP contribution in [0.2, 0.25) is 0 Å². The molecule has 2 amide bonds. The summed E-state index contributed by atoms with van der Waals surface area (Å²) in [6.45, 7) is 0. The van der Waals surface area contributed by atoms with Gasteiger partial charge < -0.3 is 10.2 Å². The lowest BCUT2D eigenvalue weighted by Gasteiger charge is -2.15. The Morgan fingerprint density at radius 1 is 1.04 bits per heavy atom. The fourth-order valence-corrected chi connectivity index (χ4v) is 3.24. The minimum absolute atomic E-state index is 0.0407. The number of nitrogens with one attached hydrogen (secondary N) is 1. The Morgan fingerprint density at radius 3 is 2.20 bits per heavy atom. The fraction of sp³-hybridized carbons (Fsp3) is 0. The molecule has 3 N–H and O–H groups in total. The molecule has 2 aromatic carbocycles. The molecule has 0 saturated carbocycles. The molecular weight excluding hydrogens is 360 g/mol. The van der Waals surface area contributed by atoms with E-state index in [0.29, 0.717) is 4.91 Å². The summed E-state index contributed by atoms with van der Waals surface area (Å²) in [6, 6.07) is 12.0. The number of hydrogen-bond acceptors (Lipinski definition) is 6. The van der Waals surface area contributed by atoms with Gasteiger partial charge in [0.15, 0.2) is 4.32 Å². The van der Waals surface area contributed by atoms with E-state index in [4.69, 9.17) is 12.2 Å². The molecule has 126 valence electrons. The first-order valence-electron chi connectivity index (χ1n) is 7.11. The molecule has 0 spiro atoms. The van der Waals surface area contributed by atoms with Crippen LogP contribution in [-0.4, -0.2) is 31.4 Å². The minimum Gasteiger partial charge on any atom is -0.508 e. The molecule has 0 aliphatic carbocycles. The number of carbonyl (C=O) groups is 2. The molecule has 1 aliphatic heterocycles. The van der Waals surface area contributed by atoms with Crippen molar-refractivity contribution in [2.75, 3.05) is 0 Å². The third kappa shape index (κ3) is 3.81. The van der Waals surface area contributed by atoms with Gasteiger partial charge in [-0.3, -0.25) is 15.0 Å². The zero-order valence-corrected chi connectivity index (χ0v) is 14.3. The second-order valence-corrected chi connectivity index (χ2v) is 6.77. The van der Waals surface area contributed by atoms with Crippen LogP contribution in [0.1, 0.15) is 15.9 Å². The van der Waals surface area contributed by atoms with Gasteiger partial charge in [-0.15, -0.1) is 0 Å². The molecule has 0 bridgehead atoms. The SMILES string of the molecule is O=C(NN1C(=O)/C(=C\c2ccc(O)cc2)SC1=S)c1ccc(O)cc1.